The monoisotopic (exact) mass is 225 g/mol. The van der Waals surface area contributed by atoms with E-state index in [0.29, 0.717) is 0 Å². The predicted octanol–water partition coefficient (Wildman–Crippen LogP) is 1.15. The summed E-state index contributed by atoms with van der Waals surface area (Å²) in [5, 5.41) is 3.26. The highest BCUT2D eigenvalue weighted by molar-refractivity contribution is 4.86. The maximum atomic E-state index is 3.26. The van der Waals surface area contributed by atoms with Crippen molar-refractivity contribution in [3.8, 4) is 0 Å². The van der Waals surface area contributed by atoms with Gasteiger partial charge >= 0.3 is 0 Å². The van der Waals surface area contributed by atoms with E-state index in [-0.39, 0.29) is 0 Å². The van der Waals surface area contributed by atoms with E-state index in [4.69, 9.17) is 0 Å². The number of rotatable bonds is 4. The normalized spacial score (nSPS) is 30.0. The maximum absolute atomic E-state index is 3.26. The second-order valence-corrected chi connectivity index (χ2v) is 5.42. The molecule has 1 N–H and O–H groups in total. The van der Waals surface area contributed by atoms with Gasteiger partial charge in [-0.15, -0.1) is 0 Å². The molecule has 0 aromatic heterocycles. The van der Waals surface area contributed by atoms with Gasteiger partial charge in [0.2, 0.25) is 0 Å². The SMILES string of the molecule is CNCCC(C)N1CCCN2CCCC2C1. The zero-order valence-corrected chi connectivity index (χ0v) is 10.9. The van der Waals surface area contributed by atoms with Crippen LogP contribution >= 0.6 is 0 Å². The van der Waals surface area contributed by atoms with Crippen molar-refractivity contribution in [1.82, 2.24) is 15.1 Å². The lowest BCUT2D eigenvalue weighted by atomic mass is 10.1. The fourth-order valence-corrected chi connectivity index (χ4v) is 3.17. The molecule has 2 unspecified atom stereocenters. The van der Waals surface area contributed by atoms with Gasteiger partial charge in [0.1, 0.15) is 0 Å². The second kappa shape index (κ2) is 5.99. The van der Waals surface area contributed by atoms with E-state index < -0.39 is 0 Å². The van der Waals surface area contributed by atoms with Crippen molar-refractivity contribution in [1.29, 1.82) is 0 Å². The van der Waals surface area contributed by atoms with Gasteiger partial charge < -0.3 is 5.32 Å². The zero-order chi connectivity index (χ0) is 11.4. The van der Waals surface area contributed by atoms with E-state index >= 15 is 0 Å². The van der Waals surface area contributed by atoms with E-state index in [2.05, 4.69) is 22.0 Å². The largest absolute Gasteiger partial charge is 0.320 e. The number of fused-ring (bicyclic) bond motifs is 1. The molecule has 2 rings (SSSR count). The van der Waals surface area contributed by atoms with Crippen LogP contribution in [-0.2, 0) is 0 Å². The van der Waals surface area contributed by atoms with Crippen molar-refractivity contribution in [2.75, 3.05) is 39.8 Å². The van der Waals surface area contributed by atoms with Crippen LogP contribution in [0.5, 0.6) is 0 Å². The van der Waals surface area contributed by atoms with Gasteiger partial charge in [-0.25, -0.2) is 0 Å². The molecule has 94 valence electrons. The molecule has 3 heteroatoms. The Morgan fingerprint density at radius 2 is 2.06 bits per heavy atom. The first-order chi connectivity index (χ1) is 7.81. The Bertz CT molecular complexity index is 207. The summed E-state index contributed by atoms with van der Waals surface area (Å²) >= 11 is 0. The summed E-state index contributed by atoms with van der Waals surface area (Å²) in [6.07, 6.45) is 5.49. The van der Waals surface area contributed by atoms with Crippen molar-refractivity contribution in [3.05, 3.63) is 0 Å². The molecule has 3 nitrogen and oxygen atoms in total. The highest BCUT2D eigenvalue weighted by atomic mass is 15.3. The van der Waals surface area contributed by atoms with Crippen molar-refractivity contribution in [2.45, 2.75) is 44.7 Å². The molecule has 16 heavy (non-hydrogen) atoms. The van der Waals surface area contributed by atoms with Gasteiger partial charge in [-0.1, -0.05) is 0 Å². The van der Waals surface area contributed by atoms with Crippen LogP contribution in [0.15, 0.2) is 0 Å². The van der Waals surface area contributed by atoms with Gasteiger partial charge in [-0.3, -0.25) is 9.80 Å². The van der Waals surface area contributed by atoms with E-state index in [0.717, 1.165) is 18.6 Å². The van der Waals surface area contributed by atoms with Crippen LogP contribution in [0.25, 0.3) is 0 Å². The van der Waals surface area contributed by atoms with Gasteiger partial charge in [0.25, 0.3) is 0 Å². The highest BCUT2D eigenvalue weighted by Gasteiger charge is 2.29. The molecule has 0 aliphatic carbocycles. The fraction of sp³-hybridized carbons (Fsp3) is 1.00. The van der Waals surface area contributed by atoms with Crippen LogP contribution in [0.3, 0.4) is 0 Å². The first-order valence-electron chi connectivity index (χ1n) is 6.94. The zero-order valence-electron chi connectivity index (χ0n) is 10.9. The van der Waals surface area contributed by atoms with Gasteiger partial charge in [0.05, 0.1) is 0 Å². The summed E-state index contributed by atoms with van der Waals surface area (Å²) in [5.41, 5.74) is 0. The minimum absolute atomic E-state index is 0.744. The molecule has 0 aromatic rings. The molecule has 0 aromatic carbocycles. The number of hydrogen-bond acceptors (Lipinski definition) is 3. The topological polar surface area (TPSA) is 18.5 Å². The first-order valence-corrected chi connectivity index (χ1v) is 6.94. The van der Waals surface area contributed by atoms with E-state index in [9.17, 15) is 0 Å². The summed E-state index contributed by atoms with van der Waals surface area (Å²) in [4.78, 5) is 5.43. The Kier molecular flexibility index (Phi) is 4.62. The van der Waals surface area contributed by atoms with Crippen LogP contribution in [0, 0.1) is 0 Å². The van der Waals surface area contributed by atoms with E-state index in [1.807, 2.05) is 7.05 Å². The molecule has 0 amide bonds. The van der Waals surface area contributed by atoms with Crippen molar-refractivity contribution in [3.63, 3.8) is 0 Å². The van der Waals surface area contributed by atoms with Crippen LogP contribution < -0.4 is 5.32 Å². The summed E-state index contributed by atoms with van der Waals surface area (Å²) in [6, 6.07) is 1.60. The average molecular weight is 225 g/mol. The number of nitrogens with zero attached hydrogens (tertiary/aromatic N) is 2. The standard InChI is InChI=1S/C13H27N3/c1-12(6-7-14-2)16-10-4-9-15-8-3-5-13(15)11-16/h12-14H,3-11H2,1-2H3. The van der Waals surface area contributed by atoms with Crippen LogP contribution in [0.2, 0.25) is 0 Å². The molecule has 2 fully saturated rings. The van der Waals surface area contributed by atoms with Crippen molar-refractivity contribution in [2.24, 2.45) is 0 Å². The van der Waals surface area contributed by atoms with Crippen molar-refractivity contribution < 1.29 is 0 Å². The number of hydrogen-bond donors (Lipinski definition) is 1. The van der Waals surface area contributed by atoms with Gasteiger partial charge in [-0.05, 0) is 65.8 Å². The lowest BCUT2D eigenvalue weighted by Gasteiger charge is -2.30. The third kappa shape index (κ3) is 2.96. The van der Waals surface area contributed by atoms with E-state index in [1.54, 1.807) is 0 Å². The minimum atomic E-state index is 0.744. The molecule has 2 saturated heterocycles. The Morgan fingerprint density at radius 1 is 1.25 bits per heavy atom. The predicted molar refractivity (Wildman–Crippen MR) is 68.8 cm³/mol. The molecule has 0 spiro atoms. The highest BCUT2D eigenvalue weighted by Crippen LogP contribution is 2.22. The summed E-state index contributed by atoms with van der Waals surface area (Å²) in [5.74, 6) is 0. The lowest BCUT2D eigenvalue weighted by Crippen LogP contribution is -2.41. The van der Waals surface area contributed by atoms with Crippen LogP contribution in [0.1, 0.15) is 32.6 Å². The molecule has 0 radical (unpaired) electrons. The van der Waals surface area contributed by atoms with Gasteiger partial charge in [-0.2, -0.15) is 0 Å². The molecule has 2 heterocycles. The first kappa shape index (κ1) is 12.3. The maximum Gasteiger partial charge on any atom is 0.0223 e. The third-order valence-electron chi connectivity index (χ3n) is 4.27. The fourth-order valence-electron chi connectivity index (χ4n) is 3.17. The van der Waals surface area contributed by atoms with Gasteiger partial charge in [0, 0.05) is 18.6 Å². The van der Waals surface area contributed by atoms with Gasteiger partial charge in [0.15, 0.2) is 0 Å². The second-order valence-electron chi connectivity index (χ2n) is 5.42. The summed E-state index contributed by atoms with van der Waals surface area (Å²) < 4.78 is 0. The molecule has 2 atom stereocenters. The molecule has 0 saturated carbocycles. The van der Waals surface area contributed by atoms with Crippen LogP contribution in [0.4, 0.5) is 0 Å². The molecule has 2 aliphatic heterocycles. The smallest absolute Gasteiger partial charge is 0.0223 e. The quantitative estimate of drug-likeness (QED) is 0.774. The minimum Gasteiger partial charge on any atom is -0.320 e. The average Bonchev–Trinajstić information content (AvgIpc) is 2.63. The summed E-state index contributed by atoms with van der Waals surface area (Å²) in [7, 11) is 2.05. The molecule has 0 bridgehead atoms. The molecular formula is C13H27N3. The Hall–Kier alpha value is -0.120. The Morgan fingerprint density at radius 3 is 2.88 bits per heavy atom. The number of nitrogens with one attached hydrogen (secondary N) is 1. The van der Waals surface area contributed by atoms with Crippen LogP contribution in [-0.4, -0.2) is 61.7 Å². The molecular weight excluding hydrogens is 198 g/mol. The Balaban J connectivity index is 1.84. The Labute approximate surface area is 100 Å². The third-order valence-corrected chi connectivity index (χ3v) is 4.27. The van der Waals surface area contributed by atoms with E-state index in [1.165, 1.54) is 51.9 Å². The van der Waals surface area contributed by atoms with Crippen molar-refractivity contribution >= 4 is 0 Å². The molecule has 2 aliphatic rings. The summed E-state index contributed by atoms with van der Waals surface area (Å²) in [6.45, 7) is 8.83. The lowest BCUT2D eigenvalue weighted by molar-refractivity contribution is 0.175.